The molecule has 6 aromatic carbocycles. The highest BCUT2D eigenvalue weighted by atomic mass is 28.3. The molecule has 0 fully saturated rings. The van der Waals surface area contributed by atoms with Crippen LogP contribution >= 0.6 is 0 Å². The molecule has 3 aliphatic rings. The number of anilines is 4. The zero-order valence-electron chi connectivity index (χ0n) is 22.5. The summed E-state index contributed by atoms with van der Waals surface area (Å²) in [4.78, 5) is 0. The van der Waals surface area contributed by atoms with Crippen LogP contribution in [0.2, 0.25) is 0 Å². The molecule has 42 heavy (non-hydrogen) atoms. The first kappa shape index (κ1) is 23.3. The van der Waals surface area contributed by atoms with E-state index in [0.717, 1.165) is 67.6 Å². The molecule has 6 heteroatoms. The molecule has 3 heterocycles. The van der Waals surface area contributed by atoms with Crippen LogP contribution in [0.5, 0.6) is 34.5 Å². The summed E-state index contributed by atoms with van der Waals surface area (Å²) in [6.45, 7) is 0. The van der Waals surface area contributed by atoms with Gasteiger partial charge in [0.05, 0.1) is 22.7 Å². The zero-order valence-corrected chi connectivity index (χ0v) is 23.5. The molecule has 0 aromatic heterocycles. The minimum Gasteiger partial charge on any atom is -0.455 e. The minimum absolute atomic E-state index is 0.779. The molecule has 9 rings (SSSR count). The molecule has 0 aliphatic carbocycles. The van der Waals surface area contributed by atoms with E-state index in [2.05, 4.69) is 106 Å². The maximum Gasteiger partial charge on any atom is 0.348 e. The molecule has 200 valence electrons. The van der Waals surface area contributed by atoms with Gasteiger partial charge in [0.25, 0.3) is 0 Å². The van der Waals surface area contributed by atoms with Crippen molar-refractivity contribution in [1.82, 2.24) is 0 Å². The lowest BCUT2D eigenvalue weighted by atomic mass is 10.2. The molecule has 3 aliphatic heterocycles. The molecule has 0 radical (unpaired) electrons. The van der Waals surface area contributed by atoms with E-state index in [4.69, 9.17) is 14.2 Å². The van der Waals surface area contributed by atoms with Crippen molar-refractivity contribution in [2.45, 2.75) is 0 Å². The standard InChI is InChI=1S/C36H24N2O3Si/c1-5-17-29-25(13-1)37-27-15-3-7-19-31(27)40-33-21-9-11-23-35(33)42(37)36-24-12-10-22-34(36)41-32-20-8-4-16-28(32)38(42)26-14-2-6-18-30(26)39-29/h1-24H. The van der Waals surface area contributed by atoms with Crippen molar-refractivity contribution in [3.8, 4) is 34.5 Å². The van der Waals surface area contributed by atoms with Gasteiger partial charge in [-0.05, 0) is 60.7 Å². The van der Waals surface area contributed by atoms with Crippen LogP contribution in [0.3, 0.4) is 0 Å². The van der Waals surface area contributed by atoms with Crippen LogP contribution in [0.1, 0.15) is 0 Å². The van der Waals surface area contributed by atoms with E-state index in [1.165, 1.54) is 0 Å². The highest BCUT2D eigenvalue weighted by Crippen LogP contribution is 2.55. The average Bonchev–Trinajstić information content (AvgIpc) is 3.24. The lowest BCUT2D eigenvalue weighted by molar-refractivity contribution is 0.482. The molecular weight excluding hydrogens is 536 g/mol. The fourth-order valence-electron chi connectivity index (χ4n) is 6.64. The molecule has 0 unspecified atom stereocenters. The predicted octanol–water partition coefficient (Wildman–Crippen LogP) is 8.24. The summed E-state index contributed by atoms with van der Waals surface area (Å²) in [6.07, 6.45) is 0. The van der Waals surface area contributed by atoms with Gasteiger partial charge >= 0.3 is 8.40 Å². The fourth-order valence-corrected chi connectivity index (χ4v) is 11.8. The van der Waals surface area contributed by atoms with Crippen molar-refractivity contribution in [2.75, 3.05) is 9.13 Å². The maximum absolute atomic E-state index is 6.85. The Bertz CT molecular complexity index is 1880. The quantitative estimate of drug-likeness (QED) is 0.175. The van der Waals surface area contributed by atoms with Crippen molar-refractivity contribution in [2.24, 2.45) is 0 Å². The van der Waals surface area contributed by atoms with Crippen molar-refractivity contribution in [1.29, 1.82) is 0 Å². The Morgan fingerprint density at radius 2 is 0.571 bits per heavy atom. The van der Waals surface area contributed by atoms with Gasteiger partial charge in [0.2, 0.25) is 0 Å². The van der Waals surface area contributed by atoms with Gasteiger partial charge < -0.3 is 23.3 Å². The van der Waals surface area contributed by atoms with E-state index in [1.54, 1.807) is 0 Å². The largest absolute Gasteiger partial charge is 0.455 e. The average molecular weight is 561 g/mol. The van der Waals surface area contributed by atoms with Gasteiger partial charge in [0, 0.05) is 10.4 Å². The molecule has 0 saturated carbocycles. The fraction of sp³-hybridized carbons (Fsp3) is 0. The number of ether oxygens (including phenoxy) is 3. The summed E-state index contributed by atoms with van der Waals surface area (Å²) in [7, 11) is -3.41. The molecular formula is C36H24N2O3Si. The van der Waals surface area contributed by atoms with Gasteiger partial charge in [-0.2, -0.15) is 0 Å². The first-order chi connectivity index (χ1) is 20.8. The van der Waals surface area contributed by atoms with Gasteiger partial charge in [-0.3, -0.25) is 0 Å². The second-order valence-corrected chi connectivity index (χ2v) is 13.8. The number of nitrogens with zero attached hydrogens (tertiary/aromatic N) is 2. The minimum atomic E-state index is -3.41. The predicted molar refractivity (Wildman–Crippen MR) is 168 cm³/mol. The van der Waals surface area contributed by atoms with E-state index in [0.29, 0.717) is 0 Å². The molecule has 0 amide bonds. The number of hydrogen-bond acceptors (Lipinski definition) is 5. The first-order valence-corrected chi connectivity index (χ1v) is 15.9. The Labute approximate surface area is 244 Å². The van der Waals surface area contributed by atoms with Crippen LogP contribution in [-0.2, 0) is 0 Å². The molecule has 0 N–H and O–H groups in total. The number of para-hydroxylation sites is 10. The third kappa shape index (κ3) is 3.07. The molecule has 5 nitrogen and oxygen atoms in total. The van der Waals surface area contributed by atoms with Crippen molar-refractivity contribution in [3.63, 3.8) is 0 Å². The van der Waals surface area contributed by atoms with Gasteiger partial charge in [-0.1, -0.05) is 84.9 Å². The van der Waals surface area contributed by atoms with E-state index >= 15 is 0 Å². The van der Waals surface area contributed by atoms with Crippen molar-refractivity contribution >= 4 is 41.5 Å². The molecule has 0 atom stereocenters. The van der Waals surface area contributed by atoms with E-state index in [9.17, 15) is 0 Å². The SMILES string of the molecule is c1ccc2c(c1)Oc1ccccc1N1c3ccccc3Oc3ccccc3[Si]13c1ccccc1Oc1ccccc1N23. The van der Waals surface area contributed by atoms with Crippen LogP contribution in [0, 0.1) is 0 Å². The Hall–Kier alpha value is -5.46. The van der Waals surface area contributed by atoms with Crippen molar-refractivity contribution in [3.05, 3.63) is 146 Å². The number of benzene rings is 6. The smallest absolute Gasteiger partial charge is 0.348 e. The Morgan fingerprint density at radius 1 is 0.310 bits per heavy atom. The second kappa shape index (κ2) is 8.77. The van der Waals surface area contributed by atoms with Crippen LogP contribution in [0.15, 0.2) is 146 Å². The van der Waals surface area contributed by atoms with Crippen LogP contribution in [-0.4, -0.2) is 8.40 Å². The number of rotatable bonds is 0. The van der Waals surface area contributed by atoms with Gasteiger partial charge in [0.1, 0.15) is 34.5 Å². The third-order valence-corrected chi connectivity index (χ3v) is 12.8. The summed E-state index contributed by atoms with van der Waals surface area (Å²) in [6, 6.07) is 50.2. The highest BCUT2D eigenvalue weighted by molar-refractivity contribution is 7.09. The zero-order chi connectivity index (χ0) is 27.7. The van der Waals surface area contributed by atoms with Gasteiger partial charge in [-0.15, -0.1) is 0 Å². The molecule has 0 bridgehead atoms. The summed E-state index contributed by atoms with van der Waals surface area (Å²) < 4.78 is 25.5. The van der Waals surface area contributed by atoms with Gasteiger partial charge in [-0.25, -0.2) is 0 Å². The summed E-state index contributed by atoms with van der Waals surface area (Å²) >= 11 is 0. The van der Waals surface area contributed by atoms with Crippen LogP contribution in [0.4, 0.5) is 22.7 Å². The monoisotopic (exact) mass is 560 g/mol. The summed E-state index contributed by atoms with van der Waals surface area (Å²) in [5, 5.41) is 2.22. The number of hydrogen-bond donors (Lipinski definition) is 0. The summed E-state index contributed by atoms with van der Waals surface area (Å²) in [5.41, 5.74) is 3.86. The Kier molecular flexibility index (Phi) is 4.86. The van der Waals surface area contributed by atoms with Crippen molar-refractivity contribution < 1.29 is 14.2 Å². The molecule has 6 aromatic rings. The van der Waals surface area contributed by atoms with Gasteiger partial charge in [0.15, 0.2) is 0 Å². The lowest BCUT2D eigenvalue weighted by Gasteiger charge is -2.50. The second-order valence-electron chi connectivity index (χ2n) is 10.5. The highest BCUT2D eigenvalue weighted by Gasteiger charge is 2.60. The van der Waals surface area contributed by atoms with E-state index in [-0.39, 0.29) is 0 Å². The normalized spacial score (nSPS) is 14.9. The summed E-state index contributed by atoms with van der Waals surface area (Å²) in [5.74, 6) is 4.79. The van der Waals surface area contributed by atoms with E-state index in [1.807, 2.05) is 48.5 Å². The molecule has 1 spiro atoms. The lowest BCUT2D eigenvalue weighted by Crippen LogP contribution is -2.78. The Balaban J connectivity index is 1.58. The van der Waals surface area contributed by atoms with E-state index < -0.39 is 8.40 Å². The maximum atomic E-state index is 6.85. The first-order valence-electron chi connectivity index (χ1n) is 14.0. The van der Waals surface area contributed by atoms with Crippen LogP contribution in [0.25, 0.3) is 0 Å². The third-order valence-electron chi connectivity index (χ3n) is 8.26. The Morgan fingerprint density at radius 3 is 0.929 bits per heavy atom. The molecule has 0 saturated heterocycles. The van der Waals surface area contributed by atoms with Crippen LogP contribution < -0.4 is 33.7 Å². The number of fused-ring (bicyclic) bond motifs is 10. The topological polar surface area (TPSA) is 34.2 Å².